The van der Waals surface area contributed by atoms with Gasteiger partial charge in [-0.3, -0.25) is 14.5 Å². The molecule has 8 nitrogen and oxygen atoms in total. The highest BCUT2D eigenvalue weighted by Crippen LogP contribution is 2.34. The van der Waals surface area contributed by atoms with Gasteiger partial charge in [0.2, 0.25) is 11.7 Å². The van der Waals surface area contributed by atoms with Crippen LogP contribution in [0.2, 0.25) is 0 Å². The minimum Gasteiger partial charge on any atom is -0.444 e. The number of hydrogen-bond donors (Lipinski definition) is 0. The second kappa shape index (κ2) is 10.6. The number of rotatable bonds is 5. The number of nitrogens with zero attached hydrogens (tertiary/aromatic N) is 4. The molecule has 10 heteroatoms. The highest BCUT2D eigenvalue weighted by molar-refractivity contribution is 7.10. The Morgan fingerprint density at radius 3 is 2.50 bits per heavy atom. The molecule has 0 aliphatic carbocycles. The lowest BCUT2D eigenvalue weighted by Crippen LogP contribution is -2.56. The van der Waals surface area contributed by atoms with Gasteiger partial charge in [0.25, 0.3) is 0 Å². The first kappa shape index (κ1) is 26.2. The monoisotopic (exact) mass is 516 g/mol. The number of benzene rings is 1. The van der Waals surface area contributed by atoms with Crippen molar-refractivity contribution < 1.29 is 23.5 Å². The molecule has 2 unspecified atom stereocenters. The molecule has 194 valence electrons. The van der Waals surface area contributed by atoms with Crippen LogP contribution in [0.3, 0.4) is 0 Å². The number of carbonyl (C=O) groups is 3. The summed E-state index contributed by atoms with van der Waals surface area (Å²) in [5, 5.41) is 2.45. The van der Waals surface area contributed by atoms with Gasteiger partial charge in [0.1, 0.15) is 22.1 Å². The predicted molar refractivity (Wildman–Crippen MR) is 134 cm³/mol. The highest BCUT2D eigenvalue weighted by Gasteiger charge is 2.35. The molecule has 2 atom stereocenters. The number of carbonyl (C=O) groups excluding carboxylic acids is 3. The van der Waals surface area contributed by atoms with Crippen molar-refractivity contribution in [3.8, 4) is 0 Å². The summed E-state index contributed by atoms with van der Waals surface area (Å²) in [4.78, 5) is 48.7. The molecule has 2 aromatic rings. The molecule has 1 aromatic heterocycles. The van der Waals surface area contributed by atoms with Crippen LogP contribution >= 0.6 is 11.3 Å². The summed E-state index contributed by atoms with van der Waals surface area (Å²) < 4.78 is 18.7. The molecule has 2 aliphatic rings. The van der Waals surface area contributed by atoms with E-state index in [1.807, 2.05) is 32.6 Å². The highest BCUT2D eigenvalue weighted by atomic mass is 32.1. The summed E-state index contributed by atoms with van der Waals surface area (Å²) in [7, 11) is 0. The molecule has 0 radical (unpaired) electrons. The van der Waals surface area contributed by atoms with Crippen LogP contribution in [0, 0.1) is 5.82 Å². The van der Waals surface area contributed by atoms with Gasteiger partial charge in [-0.05, 0) is 64.8 Å². The fraction of sp³-hybridized carbons (Fsp3) is 0.538. The third kappa shape index (κ3) is 6.10. The Kier molecular flexibility index (Phi) is 7.75. The first-order valence-corrected chi connectivity index (χ1v) is 13.2. The van der Waals surface area contributed by atoms with Crippen LogP contribution in [-0.4, -0.2) is 81.8 Å². The fourth-order valence-corrected chi connectivity index (χ4v) is 5.61. The molecule has 36 heavy (non-hydrogen) atoms. The van der Waals surface area contributed by atoms with Crippen LogP contribution in [0.25, 0.3) is 0 Å². The summed E-state index contributed by atoms with van der Waals surface area (Å²) in [5.41, 5.74) is 0.147. The SMILES string of the molecule is CC1CN(CC(=O)N2CCCC2c2nc(C(=O)c3ccc(F)cc3)cs2)CCN1C(=O)OC(C)(C)C. The summed E-state index contributed by atoms with van der Waals surface area (Å²) in [6, 6.07) is 5.20. The van der Waals surface area contributed by atoms with E-state index in [9.17, 15) is 18.8 Å². The van der Waals surface area contributed by atoms with Crippen molar-refractivity contribution in [2.75, 3.05) is 32.7 Å². The Bertz CT molecular complexity index is 1110. The second-order valence-corrected chi connectivity index (χ2v) is 11.3. The third-order valence-electron chi connectivity index (χ3n) is 6.42. The lowest BCUT2D eigenvalue weighted by molar-refractivity contribution is -0.134. The van der Waals surface area contributed by atoms with Gasteiger partial charge in [-0.2, -0.15) is 0 Å². The van der Waals surface area contributed by atoms with E-state index >= 15 is 0 Å². The maximum absolute atomic E-state index is 13.3. The normalized spacial score (nSPS) is 21.0. The summed E-state index contributed by atoms with van der Waals surface area (Å²) in [6.45, 7) is 10.1. The van der Waals surface area contributed by atoms with Crippen molar-refractivity contribution in [3.63, 3.8) is 0 Å². The average molecular weight is 517 g/mol. The summed E-state index contributed by atoms with van der Waals surface area (Å²) in [6.07, 6.45) is 1.35. The largest absolute Gasteiger partial charge is 0.444 e. The quantitative estimate of drug-likeness (QED) is 0.556. The van der Waals surface area contributed by atoms with Crippen LogP contribution in [0.4, 0.5) is 9.18 Å². The van der Waals surface area contributed by atoms with Gasteiger partial charge in [-0.25, -0.2) is 14.2 Å². The molecule has 0 spiro atoms. The fourth-order valence-electron chi connectivity index (χ4n) is 4.67. The van der Waals surface area contributed by atoms with Crippen molar-refractivity contribution in [2.45, 2.75) is 58.2 Å². The van der Waals surface area contributed by atoms with Crippen molar-refractivity contribution in [1.29, 1.82) is 0 Å². The van der Waals surface area contributed by atoms with E-state index < -0.39 is 11.4 Å². The molecule has 4 rings (SSSR count). The molecule has 2 saturated heterocycles. The van der Waals surface area contributed by atoms with Gasteiger partial charge < -0.3 is 14.5 Å². The minimum atomic E-state index is -0.548. The number of ketones is 1. The van der Waals surface area contributed by atoms with Crippen LogP contribution < -0.4 is 0 Å². The molecule has 3 heterocycles. The van der Waals surface area contributed by atoms with Crippen LogP contribution in [0.5, 0.6) is 0 Å². The van der Waals surface area contributed by atoms with Gasteiger partial charge >= 0.3 is 6.09 Å². The number of piperazine rings is 1. The number of halogens is 1. The molecule has 2 fully saturated rings. The number of amides is 2. The van der Waals surface area contributed by atoms with Crippen molar-refractivity contribution in [2.24, 2.45) is 0 Å². The zero-order valence-corrected chi connectivity index (χ0v) is 22.0. The number of likely N-dealkylation sites (tertiary alicyclic amines) is 1. The first-order chi connectivity index (χ1) is 17.0. The molecule has 2 aliphatic heterocycles. The topological polar surface area (TPSA) is 83.1 Å². The smallest absolute Gasteiger partial charge is 0.410 e. The second-order valence-electron chi connectivity index (χ2n) is 10.4. The van der Waals surface area contributed by atoms with Crippen molar-refractivity contribution in [3.05, 3.63) is 51.7 Å². The first-order valence-electron chi connectivity index (χ1n) is 12.3. The van der Waals surface area contributed by atoms with Gasteiger partial charge in [-0.1, -0.05) is 0 Å². The van der Waals surface area contributed by atoms with Crippen LogP contribution in [-0.2, 0) is 9.53 Å². The van der Waals surface area contributed by atoms with Gasteiger partial charge in [0.05, 0.1) is 12.6 Å². The standard InChI is InChI=1S/C26H33FN4O4S/c1-17-14-29(12-13-30(17)25(34)35-26(2,3)4)15-22(32)31-11-5-6-21(31)24-28-20(16-36-24)23(33)18-7-9-19(27)10-8-18/h7-10,16-17,21H,5-6,11-15H2,1-4H3. The molecule has 0 bridgehead atoms. The number of ether oxygens (including phenoxy) is 1. The number of aromatic nitrogens is 1. The van der Waals surface area contributed by atoms with E-state index in [0.717, 1.165) is 17.8 Å². The Labute approximate surface area is 215 Å². The molecule has 0 saturated carbocycles. The maximum Gasteiger partial charge on any atom is 0.410 e. The van der Waals surface area contributed by atoms with Crippen molar-refractivity contribution in [1.82, 2.24) is 19.7 Å². The Morgan fingerprint density at radius 2 is 1.83 bits per heavy atom. The Hall–Kier alpha value is -2.85. The maximum atomic E-state index is 13.3. The number of hydrogen-bond acceptors (Lipinski definition) is 7. The van der Waals surface area contributed by atoms with Gasteiger partial charge in [0, 0.05) is 43.2 Å². The van der Waals surface area contributed by atoms with E-state index in [2.05, 4.69) is 9.88 Å². The van der Waals surface area contributed by atoms with Crippen LogP contribution in [0.15, 0.2) is 29.6 Å². The van der Waals surface area contributed by atoms with E-state index in [4.69, 9.17) is 4.74 Å². The molecular weight excluding hydrogens is 483 g/mol. The Morgan fingerprint density at radius 1 is 1.11 bits per heavy atom. The zero-order chi connectivity index (χ0) is 26.0. The summed E-state index contributed by atoms with van der Waals surface area (Å²) in [5.74, 6) is -0.631. The van der Waals surface area contributed by atoms with E-state index in [1.54, 1.807) is 10.3 Å². The molecule has 1 aromatic carbocycles. The Balaban J connectivity index is 1.36. The summed E-state index contributed by atoms with van der Waals surface area (Å²) >= 11 is 1.38. The average Bonchev–Trinajstić information content (AvgIpc) is 3.48. The molecule has 2 amide bonds. The number of thiazole rings is 1. The van der Waals surface area contributed by atoms with E-state index in [1.165, 1.54) is 35.6 Å². The predicted octanol–water partition coefficient (Wildman–Crippen LogP) is 4.12. The zero-order valence-electron chi connectivity index (χ0n) is 21.2. The van der Waals surface area contributed by atoms with E-state index in [0.29, 0.717) is 37.4 Å². The third-order valence-corrected chi connectivity index (χ3v) is 7.36. The van der Waals surface area contributed by atoms with Gasteiger partial charge in [-0.15, -0.1) is 11.3 Å². The molecule has 0 N–H and O–H groups in total. The van der Waals surface area contributed by atoms with E-state index in [-0.39, 0.29) is 36.4 Å². The van der Waals surface area contributed by atoms with Crippen LogP contribution in [0.1, 0.15) is 67.6 Å². The minimum absolute atomic E-state index is 0.0250. The van der Waals surface area contributed by atoms with Crippen molar-refractivity contribution >= 4 is 29.1 Å². The lowest BCUT2D eigenvalue weighted by atomic mass is 10.1. The lowest BCUT2D eigenvalue weighted by Gasteiger charge is -2.40. The molecular formula is C26H33FN4O4S. The van der Waals surface area contributed by atoms with Gasteiger partial charge in [0.15, 0.2) is 0 Å².